The molecule has 4 aromatic rings. The number of fused-ring (bicyclic) bond motifs is 15. The lowest BCUT2D eigenvalue weighted by Gasteiger charge is -2.38. The predicted molar refractivity (Wildman–Crippen MR) is 235 cm³/mol. The Labute approximate surface area is 359 Å². The molecule has 9 unspecified atom stereocenters. The number of rotatable bonds is 4. The topological polar surface area (TPSA) is 214 Å². The van der Waals surface area contributed by atoms with Crippen LogP contribution in [0.25, 0.3) is 21.5 Å². The Hall–Kier alpha value is -6.22. The van der Waals surface area contributed by atoms with Gasteiger partial charge in [-0.1, -0.05) is 76.3 Å². The molecule has 0 saturated carbocycles. The number of carbonyl (C=O) groups is 3. The summed E-state index contributed by atoms with van der Waals surface area (Å²) in [6.45, 7) is 12.5. The number of aliphatic hydroxyl groups is 2. The summed E-state index contributed by atoms with van der Waals surface area (Å²) in [5.41, 5.74) is -0.0152. The number of carbonyl (C=O) groups excluding carboxylic acids is 3. The van der Waals surface area contributed by atoms with E-state index < -0.39 is 88.8 Å². The SMILES string of the molecule is COC1C=COC2(C)Oc3c(C)c(O)c4c(O)c(c(C=Nc5ccc6ccccc6c5)c(O)c4c3C2=O)NC(=O)C(C)=CC=CC(C)C(O)C(C)C(O)C(C)C(OC(C)=O)C1C. The fourth-order valence-electron chi connectivity index (χ4n) is 8.27. The fourth-order valence-corrected chi connectivity index (χ4v) is 8.27. The van der Waals surface area contributed by atoms with Crippen LogP contribution < -0.4 is 10.1 Å². The molecular formula is C48H54N2O12. The van der Waals surface area contributed by atoms with Gasteiger partial charge >= 0.3 is 11.8 Å². The van der Waals surface area contributed by atoms with E-state index in [2.05, 4.69) is 10.3 Å². The van der Waals surface area contributed by atoms with Crippen molar-refractivity contribution >= 4 is 56.8 Å². The van der Waals surface area contributed by atoms with Crippen LogP contribution in [0.5, 0.6) is 23.0 Å². The Balaban J connectivity index is 1.54. The second-order valence-electron chi connectivity index (χ2n) is 16.4. The lowest BCUT2D eigenvalue weighted by molar-refractivity contribution is -0.160. The maximum absolute atomic E-state index is 14.5. The molecule has 0 fully saturated rings. The Kier molecular flexibility index (Phi) is 13.2. The highest BCUT2D eigenvalue weighted by atomic mass is 16.7. The number of phenols is 3. The maximum Gasteiger partial charge on any atom is 0.312 e. The Morgan fingerprint density at radius 1 is 0.887 bits per heavy atom. The number of esters is 1. The van der Waals surface area contributed by atoms with E-state index in [1.165, 1.54) is 59.4 Å². The minimum absolute atomic E-state index is 0.0409. The number of ketones is 1. The summed E-state index contributed by atoms with van der Waals surface area (Å²) in [6.07, 6.45) is 4.74. The number of anilines is 1. The van der Waals surface area contributed by atoms with Crippen LogP contribution in [0.1, 0.15) is 70.0 Å². The zero-order valence-corrected chi connectivity index (χ0v) is 36.2. The van der Waals surface area contributed by atoms with Gasteiger partial charge in [0.1, 0.15) is 23.4 Å². The number of hydrogen-bond acceptors (Lipinski definition) is 13. The number of amides is 1. The van der Waals surface area contributed by atoms with Gasteiger partial charge in [0.15, 0.2) is 5.75 Å². The van der Waals surface area contributed by atoms with Gasteiger partial charge in [0.2, 0.25) is 0 Å². The van der Waals surface area contributed by atoms with Crippen LogP contribution in [-0.2, 0) is 23.8 Å². The molecular weight excluding hydrogens is 797 g/mol. The van der Waals surface area contributed by atoms with Crippen molar-refractivity contribution in [2.75, 3.05) is 12.4 Å². The standard InChI is InChI=1S/C48H54N2O12/c1-23-13-12-14-24(2)47(58)50-38-33(22-49-32-18-17-30-15-10-11-16-31(30)21-32)42(55)35-36(43(38)56)41(54)28(6)45-37(35)46(57)48(8,62-45)60-20-19-34(59-9)25(3)44(61-29(7)51)27(5)40(53)26(4)39(23)52/h10-23,25-27,34,39-40,44,52-56H,1-9H3,(H,50,58). The monoisotopic (exact) mass is 850 g/mol. The average molecular weight is 851 g/mol. The first-order valence-electron chi connectivity index (χ1n) is 20.4. The van der Waals surface area contributed by atoms with Crippen LogP contribution in [-0.4, -0.2) is 86.7 Å². The van der Waals surface area contributed by atoms with E-state index in [1.807, 2.05) is 36.4 Å². The van der Waals surface area contributed by atoms with E-state index in [1.54, 1.807) is 45.9 Å². The molecule has 0 aliphatic carbocycles. The van der Waals surface area contributed by atoms with Gasteiger partial charge in [0.25, 0.3) is 11.7 Å². The molecule has 3 heterocycles. The first-order valence-corrected chi connectivity index (χ1v) is 20.4. The van der Waals surface area contributed by atoms with Crippen molar-refractivity contribution < 1.29 is 58.9 Å². The number of nitrogens with one attached hydrogen (secondary N) is 1. The molecule has 62 heavy (non-hydrogen) atoms. The molecule has 14 nitrogen and oxygen atoms in total. The summed E-state index contributed by atoms with van der Waals surface area (Å²) >= 11 is 0. The number of aliphatic hydroxyl groups excluding tert-OH is 2. The van der Waals surface area contributed by atoms with Gasteiger partial charge in [-0.3, -0.25) is 19.4 Å². The van der Waals surface area contributed by atoms with Gasteiger partial charge in [0.05, 0.1) is 52.5 Å². The normalized spacial score (nSPS) is 27.4. The predicted octanol–water partition coefficient (Wildman–Crippen LogP) is 7.66. The van der Waals surface area contributed by atoms with Gasteiger partial charge in [-0.2, -0.15) is 0 Å². The number of ether oxygens (including phenoxy) is 4. The Morgan fingerprint density at radius 3 is 2.26 bits per heavy atom. The van der Waals surface area contributed by atoms with E-state index in [0.717, 1.165) is 10.8 Å². The number of nitrogens with zero attached hydrogens (tertiary/aromatic N) is 1. The third-order valence-corrected chi connectivity index (χ3v) is 12.1. The van der Waals surface area contributed by atoms with Gasteiger partial charge < -0.3 is 49.8 Å². The highest BCUT2D eigenvalue weighted by molar-refractivity contribution is 6.24. The number of benzene rings is 4. The Bertz CT molecular complexity index is 2540. The molecule has 0 radical (unpaired) electrons. The van der Waals surface area contributed by atoms with Crippen molar-refractivity contribution in [1.82, 2.24) is 0 Å². The average Bonchev–Trinajstić information content (AvgIpc) is 3.51. The highest BCUT2D eigenvalue weighted by Crippen LogP contribution is 2.55. The van der Waals surface area contributed by atoms with E-state index in [-0.39, 0.29) is 44.5 Å². The summed E-state index contributed by atoms with van der Waals surface area (Å²) in [5.74, 6) is -8.55. The molecule has 5 bridgehead atoms. The van der Waals surface area contributed by atoms with Gasteiger partial charge in [-0.05, 0) is 42.8 Å². The van der Waals surface area contributed by atoms with Crippen LogP contribution in [0, 0.1) is 30.6 Å². The zero-order valence-electron chi connectivity index (χ0n) is 36.2. The van der Waals surface area contributed by atoms with Crippen LogP contribution >= 0.6 is 0 Å². The molecule has 14 heteroatoms. The van der Waals surface area contributed by atoms with E-state index in [4.69, 9.17) is 18.9 Å². The van der Waals surface area contributed by atoms with Crippen molar-refractivity contribution in [3.05, 3.63) is 95.3 Å². The van der Waals surface area contributed by atoms with Crippen LogP contribution in [0.4, 0.5) is 11.4 Å². The second-order valence-corrected chi connectivity index (χ2v) is 16.4. The van der Waals surface area contributed by atoms with Crippen LogP contribution in [0.3, 0.4) is 0 Å². The third kappa shape index (κ3) is 8.50. The molecule has 0 saturated heterocycles. The molecule has 0 spiro atoms. The summed E-state index contributed by atoms with van der Waals surface area (Å²) in [4.78, 5) is 45.3. The first kappa shape index (κ1) is 45.3. The van der Waals surface area contributed by atoms with Crippen LogP contribution in [0.15, 0.2) is 83.6 Å². The number of phenolic OH excluding ortho intramolecular Hbond substituents is 3. The maximum atomic E-state index is 14.5. The largest absolute Gasteiger partial charge is 0.507 e. The smallest absolute Gasteiger partial charge is 0.312 e. The minimum atomic E-state index is -2.07. The molecule has 0 aromatic heterocycles. The zero-order chi connectivity index (χ0) is 45.4. The van der Waals surface area contributed by atoms with Crippen molar-refractivity contribution in [1.29, 1.82) is 0 Å². The fraction of sp³-hybridized carbons (Fsp3) is 0.375. The minimum Gasteiger partial charge on any atom is -0.507 e. The molecule has 3 aliphatic heterocycles. The van der Waals surface area contributed by atoms with Crippen molar-refractivity contribution in [2.45, 2.75) is 85.6 Å². The number of hydrogen-bond donors (Lipinski definition) is 6. The summed E-state index contributed by atoms with van der Waals surface area (Å²) in [5, 5.41) is 62.6. The molecule has 328 valence electrons. The van der Waals surface area contributed by atoms with E-state index in [0.29, 0.717) is 5.69 Å². The van der Waals surface area contributed by atoms with Crippen LogP contribution in [0.2, 0.25) is 0 Å². The van der Waals surface area contributed by atoms with E-state index >= 15 is 0 Å². The Morgan fingerprint density at radius 2 is 1.58 bits per heavy atom. The van der Waals surface area contributed by atoms with E-state index in [9.17, 15) is 39.9 Å². The quantitative estimate of drug-likeness (QED) is 0.0506. The highest BCUT2D eigenvalue weighted by Gasteiger charge is 2.50. The summed E-state index contributed by atoms with van der Waals surface area (Å²) < 4.78 is 23.6. The third-order valence-electron chi connectivity index (χ3n) is 12.1. The number of methoxy groups -OCH3 is 1. The lowest BCUT2D eigenvalue weighted by atomic mass is 9.78. The molecule has 1 amide bonds. The number of aliphatic imine (C=N–C) groups is 1. The van der Waals surface area contributed by atoms with Gasteiger partial charge in [-0.25, -0.2) is 0 Å². The summed E-state index contributed by atoms with van der Waals surface area (Å²) in [7, 11) is 1.43. The van der Waals surface area contributed by atoms with Gasteiger partial charge in [-0.15, -0.1) is 0 Å². The van der Waals surface area contributed by atoms with Crippen molar-refractivity contribution in [3.8, 4) is 23.0 Å². The molecule has 9 atom stereocenters. The van der Waals surface area contributed by atoms with Crippen molar-refractivity contribution in [3.63, 3.8) is 0 Å². The first-order chi connectivity index (χ1) is 29.3. The molecule has 3 aliphatic rings. The molecule has 6 N–H and O–H groups in total. The van der Waals surface area contributed by atoms with Crippen molar-refractivity contribution in [2.24, 2.45) is 28.7 Å². The lowest BCUT2D eigenvalue weighted by Crippen LogP contribution is -2.46. The number of aromatic hydroxyl groups is 3. The summed E-state index contributed by atoms with van der Waals surface area (Å²) in [6, 6.07) is 13.1. The number of Topliss-reactive ketones (excluding diaryl/α,β-unsaturated/α-hetero) is 1. The second kappa shape index (κ2) is 18.0. The van der Waals surface area contributed by atoms with Gasteiger partial charge in [0, 0.05) is 67.4 Å². The molecule has 7 rings (SSSR count). The number of allylic oxidation sites excluding steroid dienone is 2. The molecule has 4 aromatic carbocycles.